The number of benzene rings is 1. The second kappa shape index (κ2) is 9.83. The quantitative estimate of drug-likeness (QED) is 0.364. The van der Waals surface area contributed by atoms with E-state index < -0.39 is 6.09 Å². The summed E-state index contributed by atoms with van der Waals surface area (Å²) in [6, 6.07) is 6.13. The Bertz CT molecular complexity index is 646. The molecule has 0 aliphatic heterocycles. The van der Waals surface area contributed by atoms with E-state index in [1.165, 1.54) is 12.1 Å². The fourth-order valence-electron chi connectivity index (χ4n) is 1.55. The minimum Gasteiger partial charge on any atom is -0.508 e. The van der Waals surface area contributed by atoms with Crippen LogP contribution in [-0.4, -0.2) is 30.8 Å². The Morgan fingerprint density at radius 1 is 1.43 bits per heavy atom. The van der Waals surface area contributed by atoms with Crippen molar-refractivity contribution in [3.05, 3.63) is 66.0 Å². The van der Waals surface area contributed by atoms with Gasteiger partial charge in [0, 0.05) is 5.56 Å². The number of carbonyl (C=O) groups is 1. The highest BCUT2D eigenvalue weighted by atomic mass is 16.5. The van der Waals surface area contributed by atoms with Crippen molar-refractivity contribution in [1.29, 1.82) is 0 Å². The number of phenolic OH excluding ortho intramolecular Hbond substituents is 1. The van der Waals surface area contributed by atoms with E-state index in [9.17, 15) is 9.90 Å². The maximum atomic E-state index is 11.5. The lowest BCUT2D eigenvalue weighted by molar-refractivity contribution is 0.170. The molecule has 1 rings (SSSR count). The van der Waals surface area contributed by atoms with Gasteiger partial charge >= 0.3 is 6.09 Å². The van der Waals surface area contributed by atoms with Crippen LogP contribution in [0.25, 0.3) is 0 Å². The molecule has 23 heavy (non-hydrogen) atoms. The summed E-state index contributed by atoms with van der Waals surface area (Å²) in [4.78, 5) is 15.1. The van der Waals surface area contributed by atoms with E-state index in [1.54, 1.807) is 43.5 Å². The van der Waals surface area contributed by atoms with Gasteiger partial charge in [-0.15, -0.1) is 0 Å². The molecule has 0 aliphatic carbocycles. The van der Waals surface area contributed by atoms with Crippen molar-refractivity contribution in [2.75, 3.05) is 13.7 Å². The average Bonchev–Trinajstić information content (AvgIpc) is 2.53. The van der Waals surface area contributed by atoms with Crippen molar-refractivity contribution >= 4 is 11.9 Å². The number of carbonyl (C=O) groups excluding carboxylic acids is 1. The Morgan fingerprint density at radius 2 is 2.22 bits per heavy atom. The van der Waals surface area contributed by atoms with Crippen LogP contribution in [0, 0.1) is 0 Å². The molecule has 0 bridgehead atoms. The molecule has 0 saturated heterocycles. The minimum absolute atomic E-state index is 0.0236. The maximum Gasteiger partial charge on any atom is 0.435 e. The number of phenols is 1. The summed E-state index contributed by atoms with van der Waals surface area (Å²) >= 11 is 0. The van der Waals surface area contributed by atoms with E-state index in [-0.39, 0.29) is 18.2 Å². The van der Waals surface area contributed by atoms with Crippen molar-refractivity contribution < 1.29 is 19.4 Å². The standard InChI is InChI=1S/C17H20N2O4/c1-3-7-15(22-2)10-4-5-11-23-17(21)19-16(18)13-8-6-9-14(20)12-13/h3-10,12,20H,11H2,1-2H3,(H2,18,19,21)/b5-4+,7-3-,15-10+. The zero-order valence-corrected chi connectivity index (χ0v) is 13.1. The summed E-state index contributed by atoms with van der Waals surface area (Å²) in [5, 5.41) is 9.34. The molecular formula is C17H20N2O4. The zero-order chi connectivity index (χ0) is 17.1. The third-order valence-electron chi connectivity index (χ3n) is 2.62. The summed E-state index contributed by atoms with van der Waals surface area (Å²) in [7, 11) is 1.57. The molecule has 6 heteroatoms. The van der Waals surface area contributed by atoms with Crippen molar-refractivity contribution in [3.63, 3.8) is 0 Å². The van der Waals surface area contributed by atoms with Gasteiger partial charge in [0.25, 0.3) is 0 Å². The van der Waals surface area contributed by atoms with E-state index >= 15 is 0 Å². The Labute approximate surface area is 135 Å². The zero-order valence-electron chi connectivity index (χ0n) is 13.1. The highest BCUT2D eigenvalue weighted by molar-refractivity contribution is 6.02. The van der Waals surface area contributed by atoms with Gasteiger partial charge in [0.2, 0.25) is 0 Å². The van der Waals surface area contributed by atoms with Crippen LogP contribution >= 0.6 is 0 Å². The summed E-state index contributed by atoms with van der Waals surface area (Å²) in [5.41, 5.74) is 6.11. The first kappa shape index (κ1) is 18.0. The van der Waals surface area contributed by atoms with E-state index in [0.29, 0.717) is 11.3 Å². The van der Waals surface area contributed by atoms with Crippen molar-refractivity contribution in [2.45, 2.75) is 6.92 Å². The van der Waals surface area contributed by atoms with Gasteiger partial charge in [-0.3, -0.25) is 0 Å². The third kappa shape index (κ3) is 6.99. The number of allylic oxidation sites excluding steroid dienone is 4. The van der Waals surface area contributed by atoms with Gasteiger partial charge in [0.15, 0.2) is 0 Å². The van der Waals surface area contributed by atoms with Crippen LogP contribution in [0.5, 0.6) is 5.75 Å². The van der Waals surface area contributed by atoms with Crippen LogP contribution in [0.2, 0.25) is 0 Å². The van der Waals surface area contributed by atoms with Crippen molar-refractivity contribution in [1.82, 2.24) is 0 Å². The molecule has 0 spiro atoms. The Kier molecular flexibility index (Phi) is 7.71. The molecule has 0 atom stereocenters. The Morgan fingerprint density at radius 3 is 2.87 bits per heavy atom. The number of nitrogens with zero attached hydrogens (tertiary/aromatic N) is 1. The summed E-state index contributed by atoms with van der Waals surface area (Å²) in [6.07, 6.45) is 7.92. The number of hydrogen-bond donors (Lipinski definition) is 2. The molecule has 0 fully saturated rings. The van der Waals surface area contributed by atoms with Crippen molar-refractivity contribution in [3.8, 4) is 5.75 Å². The molecule has 6 nitrogen and oxygen atoms in total. The van der Waals surface area contributed by atoms with Gasteiger partial charge in [-0.1, -0.05) is 24.3 Å². The first-order valence-electron chi connectivity index (χ1n) is 6.90. The lowest BCUT2D eigenvalue weighted by atomic mass is 10.2. The lowest BCUT2D eigenvalue weighted by Gasteiger charge is -2.01. The van der Waals surface area contributed by atoms with Gasteiger partial charge < -0.3 is 20.3 Å². The number of nitrogens with two attached hydrogens (primary N) is 1. The highest BCUT2D eigenvalue weighted by Gasteiger charge is 2.04. The Balaban J connectivity index is 2.52. The second-order valence-corrected chi connectivity index (χ2v) is 4.33. The second-order valence-electron chi connectivity index (χ2n) is 4.33. The molecule has 0 heterocycles. The summed E-state index contributed by atoms with van der Waals surface area (Å²) in [6.45, 7) is 1.94. The lowest BCUT2D eigenvalue weighted by Crippen LogP contribution is -2.16. The van der Waals surface area contributed by atoms with Crippen LogP contribution in [0.4, 0.5) is 4.79 Å². The molecule has 0 radical (unpaired) electrons. The van der Waals surface area contributed by atoms with Crippen LogP contribution in [0.15, 0.2) is 65.4 Å². The molecule has 122 valence electrons. The summed E-state index contributed by atoms with van der Waals surface area (Å²) in [5.74, 6) is 0.699. The Hall–Kier alpha value is -3.02. The van der Waals surface area contributed by atoms with Crippen LogP contribution in [-0.2, 0) is 9.47 Å². The molecular weight excluding hydrogens is 296 g/mol. The van der Waals surface area contributed by atoms with E-state index in [4.69, 9.17) is 15.2 Å². The first-order chi connectivity index (χ1) is 11.1. The predicted octanol–water partition coefficient (Wildman–Crippen LogP) is 2.90. The molecule has 0 saturated carbocycles. The van der Waals surface area contributed by atoms with E-state index in [1.807, 2.05) is 13.0 Å². The SMILES string of the molecule is C\C=C/C(=C\C=C\COC(=O)/N=C(\N)c1cccc(O)c1)OC. The number of aromatic hydroxyl groups is 1. The molecule has 1 aromatic carbocycles. The number of hydrogen-bond acceptors (Lipinski definition) is 4. The van der Waals surface area contributed by atoms with Gasteiger partial charge in [0.05, 0.1) is 7.11 Å². The molecule has 0 aliphatic rings. The van der Waals surface area contributed by atoms with Crippen LogP contribution < -0.4 is 5.73 Å². The molecule has 3 N–H and O–H groups in total. The van der Waals surface area contributed by atoms with Gasteiger partial charge in [-0.2, -0.15) is 4.99 Å². The molecule has 0 unspecified atom stereocenters. The topological polar surface area (TPSA) is 94.1 Å². The number of methoxy groups -OCH3 is 1. The largest absolute Gasteiger partial charge is 0.508 e. The number of amidine groups is 1. The smallest absolute Gasteiger partial charge is 0.435 e. The summed E-state index contributed by atoms with van der Waals surface area (Å²) < 4.78 is 9.98. The molecule has 1 aromatic rings. The fourth-order valence-corrected chi connectivity index (χ4v) is 1.55. The number of amides is 1. The number of rotatable bonds is 6. The normalized spacial score (nSPS) is 12.8. The predicted molar refractivity (Wildman–Crippen MR) is 89.2 cm³/mol. The van der Waals surface area contributed by atoms with Crippen LogP contribution in [0.3, 0.4) is 0 Å². The fraction of sp³-hybridized carbons (Fsp3) is 0.176. The molecule has 1 amide bonds. The minimum atomic E-state index is -0.806. The van der Waals surface area contributed by atoms with E-state index in [2.05, 4.69) is 4.99 Å². The van der Waals surface area contributed by atoms with Gasteiger partial charge in [0.1, 0.15) is 24.0 Å². The first-order valence-corrected chi connectivity index (χ1v) is 6.90. The number of aliphatic imine (C=N–C) groups is 1. The van der Waals surface area contributed by atoms with E-state index in [0.717, 1.165) is 0 Å². The average molecular weight is 316 g/mol. The molecule has 0 aromatic heterocycles. The van der Waals surface area contributed by atoms with Gasteiger partial charge in [-0.05, 0) is 37.3 Å². The maximum absolute atomic E-state index is 11.5. The monoisotopic (exact) mass is 316 g/mol. The van der Waals surface area contributed by atoms with Crippen molar-refractivity contribution in [2.24, 2.45) is 10.7 Å². The highest BCUT2D eigenvalue weighted by Crippen LogP contribution is 2.10. The number of ether oxygens (including phenoxy) is 2. The third-order valence-corrected chi connectivity index (χ3v) is 2.62. The van der Waals surface area contributed by atoms with Crippen LogP contribution in [0.1, 0.15) is 12.5 Å². The van der Waals surface area contributed by atoms with Gasteiger partial charge in [-0.25, -0.2) is 4.79 Å².